The second-order valence-corrected chi connectivity index (χ2v) is 9.53. The summed E-state index contributed by atoms with van der Waals surface area (Å²) in [6.07, 6.45) is 6.98. The second-order valence-electron chi connectivity index (χ2n) is 9.53. The molecule has 7 heteroatoms. The van der Waals surface area contributed by atoms with Gasteiger partial charge >= 0.3 is 0 Å². The average molecular weight is 412 g/mol. The molecule has 3 fully saturated rings. The van der Waals surface area contributed by atoms with Crippen LogP contribution in [0.4, 0.5) is 0 Å². The topological polar surface area (TPSA) is 65.3 Å². The van der Waals surface area contributed by atoms with Crippen LogP contribution in [-0.2, 0) is 11.8 Å². The van der Waals surface area contributed by atoms with E-state index in [1.165, 1.54) is 45.3 Å². The molecule has 5 rings (SSSR count). The molecule has 0 spiro atoms. The molecule has 3 aliphatic rings. The molecule has 0 amide bonds. The highest BCUT2D eigenvalue weighted by molar-refractivity contribution is 5.58. The maximum absolute atomic E-state index is 6.01. The van der Waals surface area contributed by atoms with Crippen LogP contribution in [-0.4, -0.2) is 64.3 Å². The normalized spacial score (nSPS) is 29.3. The molecular weight excluding hydrogens is 378 g/mol. The fraction of sp³-hybridized carbons (Fsp3) is 0.696. The largest absolute Gasteiger partial charge is 0.476 e. The second kappa shape index (κ2) is 8.63. The van der Waals surface area contributed by atoms with Gasteiger partial charge in [-0.1, -0.05) is 0 Å². The molecule has 1 aliphatic carbocycles. The summed E-state index contributed by atoms with van der Waals surface area (Å²) in [5.74, 6) is 3.68. The average Bonchev–Trinajstić information content (AvgIpc) is 3.41. The number of fused-ring (bicyclic) bond motifs is 1. The predicted molar refractivity (Wildman–Crippen MR) is 114 cm³/mol. The number of ether oxygens (including phenoxy) is 2. The van der Waals surface area contributed by atoms with Gasteiger partial charge in [0.2, 0.25) is 5.88 Å². The van der Waals surface area contributed by atoms with Crippen molar-refractivity contribution in [3.8, 4) is 17.3 Å². The molecule has 2 unspecified atom stereocenters. The van der Waals surface area contributed by atoms with Gasteiger partial charge in [0.1, 0.15) is 5.69 Å². The zero-order valence-corrected chi connectivity index (χ0v) is 18.2. The smallest absolute Gasteiger partial charge is 0.233 e. The van der Waals surface area contributed by atoms with E-state index in [1.54, 1.807) is 0 Å². The van der Waals surface area contributed by atoms with Crippen LogP contribution in [0.15, 0.2) is 18.3 Å². The zero-order valence-electron chi connectivity index (χ0n) is 18.2. The summed E-state index contributed by atoms with van der Waals surface area (Å²) >= 11 is 0. The summed E-state index contributed by atoms with van der Waals surface area (Å²) in [4.78, 5) is 2.69. The summed E-state index contributed by atoms with van der Waals surface area (Å²) in [7, 11) is 1.93. The number of nitrogens with zero attached hydrogens (tertiary/aromatic N) is 5. The maximum atomic E-state index is 6.01. The first-order chi connectivity index (χ1) is 14.7. The Labute approximate surface area is 178 Å². The van der Waals surface area contributed by atoms with E-state index in [0.717, 1.165) is 54.5 Å². The Morgan fingerprint density at radius 2 is 1.97 bits per heavy atom. The molecule has 162 valence electrons. The van der Waals surface area contributed by atoms with Crippen LogP contribution >= 0.6 is 0 Å². The van der Waals surface area contributed by atoms with Crippen LogP contribution in [0.1, 0.15) is 31.2 Å². The minimum atomic E-state index is 0.620. The summed E-state index contributed by atoms with van der Waals surface area (Å²) in [5.41, 5.74) is 2.93. The number of aromatic nitrogens is 4. The first kappa shape index (κ1) is 19.9. The van der Waals surface area contributed by atoms with Gasteiger partial charge in [-0.2, -0.15) is 5.10 Å². The van der Waals surface area contributed by atoms with Gasteiger partial charge in [0.05, 0.1) is 25.1 Å². The molecule has 4 atom stereocenters. The molecule has 2 saturated heterocycles. The molecule has 2 aromatic heterocycles. The third kappa shape index (κ3) is 4.23. The van der Waals surface area contributed by atoms with E-state index >= 15 is 0 Å². The highest BCUT2D eigenvalue weighted by Crippen LogP contribution is 2.42. The molecule has 0 radical (unpaired) electrons. The number of likely N-dealkylation sites (tertiary alicyclic amines) is 1. The van der Waals surface area contributed by atoms with E-state index < -0.39 is 0 Å². The van der Waals surface area contributed by atoms with Crippen molar-refractivity contribution in [3.05, 3.63) is 23.9 Å². The van der Waals surface area contributed by atoms with Crippen molar-refractivity contribution in [2.24, 2.45) is 30.7 Å². The molecule has 0 N–H and O–H groups in total. The van der Waals surface area contributed by atoms with Crippen molar-refractivity contribution < 1.29 is 9.47 Å². The molecule has 4 heterocycles. The molecule has 7 nitrogen and oxygen atoms in total. The highest BCUT2D eigenvalue weighted by atomic mass is 16.5. The molecule has 30 heavy (non-hydrogen) atoms. The van der Waals surface area contributed by atoms with E-state index in [-0.39, 0.29) is 0 Å². The van der Waals surface area contributed by atoms with Crippen molar-refractivity contribution in [3.63, 3.8) is 0 Å². The van der Waals surface area contributed by atoms with Crippen LogP contribution in [0, 0.1) is 30.6 Å². The zero-order chi connectivity index (χ0) is 20.5. The molecule has 1 saturated carbocycles. The molecule has 0 aromatic carbocycles. The van der Waals surface area contributed by atoms with Crippen LogP contribution in [0.3, 0.4) is 0 Å². The maximum Gasteiger partial charge on any atom is 0.233 e. The van der Waals surface area contributed by atoms with Crippen LogP contribution in [0.25, 0.3) is 11.4 Å². The molecule has 2 aromatic rings. The number of aryl methyl sites for hydroxylation is 2. The summed E-state index contributed by atoms with van der Waals surface area (Å²) < 4.78 is 13.5. The summed E-state index contributed by atoms with van der Waals surface area (Å²) in [5, 5.41) is 12.9. The lowest BCUT2D eigenvalue weighted by Gasteiger charge is -2.27. The first-order valence-electron chi connectivity index (χ1n) is 11.4. The Bertz CT molecular complexity index is 812. The third-order valence-corrected chi connectivity index (χ3v) is 7.17. The minimum absolute atomic E-state index is 0.620. The number of hydrogen-bond donors (Lipinski definition) is 0. The van der Waals surface area contributed by atoms with Crippen molar-refractivity contribution in [2.75, 3.05) is 39.5 Å². The van der Waals surface area contributed by atoms with Gasteiger partial charge in [0.15, 0.2) is 0 Å². The fourth-order valence-electron chi connectivity index (χ4n) is 5.77. The van der Waals surface area contributed by atoms with Gasteiger partial charge in [0.25, 0.3) is 0 Å². The van der Waals surface area contributed by atoms with E-state index in [4.69, 9.17) is 9.47 Å². The molecule has 0 bridgehead atoms. The van der Waals surface area contributed by atoms with Crippen LogP contribution in [0.5, 0.6) is 5.88 Å². The van der Waals surface area contributed by atoms with Crippen LogP contribution in [0.2, 0.25) is 0 Å². The number of hydrogen-bond acceptors (Lipinski definition) is 6. The number of rotatable bonds is 6. The lowest BCUT2D eigenvalue weighted by Crippen LogP contribution is -2.33. The van der Waals surface area contributed by atoms with E-state index in [0.29, 0.717) is 11.8 Å². The summed E-state index contributed by atoms with van der Waals surface area (Å²) in [6.45, 7) is 8.46. The Morgan fingerprint density at radius 3 is 2.60 bits per heavy atom. The Hall–Kier alpha value is -1.99. The van der Waals surface area contributed by atoms with Gasteiger partial charge in [-0.25, -0.2) is 0 Å². The monoisotopic (exact) mass is 411 g/mol. The van der Waals surface area contributed by atoms with Gasteiger partial charge in [-0.05, 0) is 67.9 Å². The molecule has 2 aliphatic heterocycles. The van der Waals surface area contributed by atoms with E-state index in [1.807, 2.05) is 37.0 Å². The quantitative estimate of drug-likeness (QED) is 0.728. The first-order valence-corrected chi connectivity index (χ1v) is 11.4. The molecular formula is C23H33N5O2. The van der Waals surface area contributed by atoms with E-state index in [2.05, 4.69) is 20.2 Å². The highest BCUT2D eigenvalue weighted by Gasteiger charge is 2.41. The van der Waals surface area contributed by atoms with Crippen molar-refractivity contribution in [2.45, 2.75) is 32.6 Å². The van der Waals surface area contributed by atoms with Gasteiger partial charge in [0, 0.05) is 39.4 Å². The predicted octanol–water partition coefficient (Wildman–Crippen LogP) is 2.95. The van der Waals surface area contributed by atoms with Gasteiger partial charge in [-0.15, -0.1) is 10.2 Å². The van der Waals surface area contributed by atoms with Gasteiger partial charge < -0.3 is 14.4 Å². The van der Waals surface area contributed by atoms with Crippen molar-refractivity contribution >= 4 is 0 Å². The fourth-order valence-corrected chi connectivity index (χ4v) is 5.77. The minimum Gasteiger partial charge on any atom is -0.476 e. The summed E-state index contributed by atoms with van der Waals surface area (Å²) in [6, 6.07) is 3.90. The van der Waals surface area contributed by atoms with E-state index in [9.17, 15) is 0 Å². The Morgan fingerprint density at radius 1 is 1.13 bits per heavy atom. The third-order valence-electron chi connectivity index (χ3n) is 7.17. The lowest BCUT2D eigenvalue weighted by atomic mass is 10.0. The van der Waals surface area contributed by atoms with Crippen molar-refractivity contribution in [1.29, 1.82) is 0 Å². The lowest BCUT2D eigenvalue weighted by molar-refractivity contribution is 0.0404. The standard InChI is InChI=1S/C23H33N5O2/c1-16-10-24-27(2)23(16)21-5-6-22(26-25-21)30-15-18-8-19-12-28(13-20(19)9-18)11-17-4-3-7-29-14-17/h5-6,10,17-20H,3-4,7-9,11-15H2,1-2H3/t17?,18?,19-,20+. The Kier molecular flexibility index (Phi) is 5.74. The SMILES string of the molecule is Cc1cnn(C)c1-c1ccc(OCC2C[C@@H]3CN(CC4CCCOC4)C[C@@H]3C2)nn1. The van der Waals surface area contributed by atoms with Crippen molar-refractivity contribution in [1.82, 2.24) is 24.9 Å². The van der Waals surface area contributed by atoms with Gasteiger partial charge in [-0.3, -0.25) is 4.68 Å². The van der Waals surface area contributed by atoms with Crippen LogP contribution < -0.4 is 4.74 Å². The Balaban J connectivity index is 1.09.